The molecule has 0 atom stereocenters. The van der Waals surface area contributed by atoms with E-state index >= 15 is 0 Å². The second kappa shape index (κ2) is 5.96. The molecule has 0 aliphatic rings. The normalized spacial score (nSPS) is 10.8. The van der Waals surface area contributed by atoms with E-state index in [1.165, 1.54) is 0 Å². The summed E-state index contributed by atoms with van der Waals surface area (Å²) in [6.45, 7) is 7.58. The van der Waals surface area contributed by atoms with Crippen LogP contribution < -0.4 is 5.63 Å². The van der Waals surface area contributed by atoms with Gasteiger partial charge in [0.05, 0.1) is 0 Å². The predicted octanol–water partition coefficient (Wildman–Crippen LogP) is 4.31. The van der Waals surface area contributed by atoms with Crippen LogP contribution in [0, 0.1) is 27.7 Å². The Labute approximate surface area is 140 Å². The number of aryl methyl sites for hydroxylation is 3. The molecule has 0 unspecified atom stereocenters. The molecule has 0 spiro atoms. The van der Waals surface area contributed by atoms with Crippen LogP contribution in [0.3, 0.4) is 0 Å². The summed E-state index contributed by atoms with van der Waals surface area (Å²) in [4.78, 5) is 16.8. The highest BCUT2D eigenvalue weighted by atomic mass is 16.4. The fourth-order valence-corrected chi connectivity index (χ4v) is 3.15. The van der Waals surface area contributed by atoms with Crippen molar-refractivity contribution >= 4 is 0 Å². The number of nitrogens with zero attached hydrogens (tertiary/aromatic N) is 1. The van der Waals surface area contributed by atoms with Crippen molar-refractivity contribution in [1.82, 2.24) is 4.98 Å². The van der Waals surface area contributed by atoms with E-state index in [0.717, 1.165) is 22.3 Å². The second-order valence-corrected chi connectivity index (χ2v) is 6.06. The van der Waals surface area contributed by atoms with Gasteiger partial charge in [0.1, 0.15) is 17.0 Å². The van der Waals surface area contributed by atoms with Gasteiger partial charge in [-0.3, -0.25) is 4.98 Å². The highest BCUT2D eigenvalue weighted by Gasteiger charge is 2.22. The van der Waals surface area contributed by atoms with Crippen LogP contribution in [0.5, 0.6) is 5.75 Å². The van der Waals surface area contributed by atoms with Gasteiger partial charge in [-0.1, -0.05) is 23.8 Å². The van der Waals surface area contributed by atoms with Gasteiger partial charge >= 0.3 is 5.63 Å². The first kappa shape index (κ1) is 16.0. The molecule has 2 aromatic heterocycles. The first-order valence-corrected chi connectivity index (χ1v) is 7.76. The molecule has 0 amide bonds. The van der Waals surface area contributed by atoms with Crippen molar-refractivity contribution in [2.75, 3.05) is 0 Å². The summed E-state index contributed by atoms with van der Waals surface area (Å²) < 4.78 is 5.52. The Hall–Kier alpha value is -2.88. The van der Waals surface area contributed by atoms with Crippen molar-refractivity contribution in [3.05, 3.63) is 69.2 Å². The lowest BCUT2D eigenvalue weighted by Gasteiger charge is -2.14. The van der Waals surface area contributed by atoms with Crippen molar-refractivity contribution in [2.24, 2.45) is 0 Å². The average molecular weight is 321 g/mol. The Morgan fingerprint density at radius 3 is 2.25 bits per heavy atom. The van der Waals surface area contributed by atoms with Crippen LogP contribution in [0.15, 0.2) is 45.7 Å². The molecule has 0 aliphatic heterocycles. The Morgan fingerprint density at radius 1 is 1.00 bits per heavy atom. The van der Waals surface area contributed by atoms with Crippen LogP contribution >= 0.6 is 0 Å². The van der Waals surface area contributed by atoms with Gasteiger partial charge in [-0.15, -0.1) is 0 Å². The van der Waals surface area contributed by atoms with Gasteiger partial charge in [0, 0.05) is 11.8 Å². The molecule has 0 fully saturated rings. The Balaban J connectivity index is 2.30. The zero-order valence-corrected chi connectivity index (χ0v) is 14.2. The van der Waals surface area contributed by atoms with Crippen LogP contribution in [0.4, 0.5) is 0 Å². The van der Waals surface area contributed by atoms with Crippen molar-refractivity contribution in [3.8, 4) is 28.3 Å². The lowest BCUT2D eigenvalue weighted by Crippen LogP contribution is -2.08. The van der Waals surface area contributed by atoms with Crippen molar-refractivity contribution in [3.63, 3.8) is 0 Å². The molecule has 0 saturated carbocycles. The van der Waals surface area contributed by atoms with E-state index in [9.17, 15) is 9.90 Å². The minimum absolute atomic E-state index is 0.0537. The average Bonchev–Trinajstić information content (AvgIpc) is 2.54. The summed E-state index contributed by atoms with van der Waals surface area (Å²) in [5, 5.41) is 10.7. The number of hydrogen-bond donors (Lipinski definition) is 1. The highest BCUT2D eigenvalue weighted by molar-refractivity contribution is 5.78. The van der Waals surface area contributed by atoms with Crippen LogP contribution in [-0.4, -0.2) is 10.1 Å². The molecule has 0 bridgehead atoms. The molecule has 3 aromatic rings. The predicted molar refractivity (Wildman–Crippen MR) is 94.3 cm³/mol. The first-order valence-electron chi connectivity index (χ1n) is 7.76. The lowest BCUT2D eigenvalue weighted by molar-refractivity contribution is 0.449. The maximum atomic E-state index is 12.6. The number of benzene rings is 1. The molecule has 1 N–H and O–H groups in total. The standard InChI is InChI=1S/C20H19NO3/c1-11-9-12(2)16(13(3)10-11)17-18(22)14(4)19(24-20(17)23)15-7-5-6-8-21-15/h5-10,22H,1-4H3. The molecule has 2 heterocycles. The Morgan fingerprint density at radius 2 is 1.67 bits per heavy atom. The third-order valence-corrected chi connectivity index (χ3v) is 4.16. The molecular formula is C20H19NO3. The van der Waals surface area contributed by atoms with Crippen LogP contribution in [0.1, 0.15) is 22.3 Å². The number of rotatable bonds is 2. The highest BCUT2D eigenvalue weighted by Crippen LogP contribution is 2.37. The van der Waals surface area contributed by atoms with Gasteiger partial charge < -0.3 is 9.52 Å². The van der Waals surface area contributed by atoms with Crippen molar-refractivity contribution < 1.29 is 9.52 Å². The van der Waals surface area contributed by atoms with E-state index < -0.39 is 5.63 Å². The molecule has 24 heavy (non-hydrogen) atoms. The largest absolute Gasteiger partial charge is 0.507 e. The lowest BCUT2D eigenvalue weighted by atomic mass is 9.93. The third-order valence-electron chi connectivity index (χ3n) is 4.16. The Bertz CT molecular complexity index is 949. The summed E-state index contributed by atoms with van der Waals surface area (Å²) in [5.74, 6) is 0.242. The van der Waals surface area contributed by atoms with E-state index in [4.69, 9.17) is 4.42 Å². The monoisotopic (exact) mass is 321 g/mol. The Kier molecular flexibility index (Phi) is 3.97. The zero-order chi connectivity index (χ0) is 17.4. The SMILES string of the molecule is Cc1cc(C)c(-c2c(O)c(C)c(-c3ccccn3)oc2=O)c(C)c1. The molecule has 0 aliphatic carbocycles. The van der Waals surface area contributed by atoms with Gasteiger partial charge in [0.15, 0.2) is 5.76 Å². The summed E-state index contributed by atoms with van der Waals surface area (Å²) >= 11 is 0. The number of hydrogen-bond acceptors (Lipinski definition) is 4. The molecule has 1 aromatic carbocycles. The number of aromatic hydroxyl groups is 1. The van der Waals surface area contributed by atoms with Gasteiger partial charge in [0.25, 0.3) is 0 Å². The van der Waals surface area contributed by atoms with Gasteiger partial charge in [-0.25, -0.2) is 4.79 Å². The van der Waals surface area contributed by atoms with Gasteiger partial charge in [-0.2, -0.15) is 0 Å². The summed E-state index contributed by atoms with van der Waals surface area (Å²) in [7, 11) is 0. The van der Waals surface area contributed by atoms with E-state index in [2.05, 4.69) is 4.98 Å². The smallest absolute Gasteiger partial charge is 0.348 e. The minimum atomic E-state index is -0.561. The number of aromatic nitrogens is 1. The number of pyridine rings is 1. The van der Waals surface area contributed by atoms with Crippen LogP contribution in [0.25, 0.3) is 22.6 Å². The summed E-state index contributed by atoms with van der Waals surface area (Å²) in [5.41, 5.74) is 4.37. The van der Waals surface area contributed by atoms with E-state index in [-0.39, 0.29) is 11.3 Å². The van der Waals surface area contributed by atoms with Crippen molar-refractivity contribution in [2.45, 2.75) is 27.7 Å². The van der Waals surface area contributed by atoms with E-state index in [1.54, 1.807) is 31.3 Å². The maximum Gasteiger partial charge on any atom is 0.348 e. The van der Waals surface area contributed by atoms with Crippen molar-refractivity contribution in [1.29, 1.82) is 0 Å². The maximum absolute atomic E-state index is 12.6. The van der Waals surface area contributed by atoms with E-state index in [1.807, 2.05) is 32.9 Å². The molecule has 0 saturated heterocycles. The molecular weight excluding hydrogens is 302 g/mol. The molecule has 122 valence electrons. The molecule has 4 heteroatoms. The molecule has 3 rings (SSSR count). The molecule has 0 radical (unpaired) electrons. The topological polar surface area (TPSA) is 63.3 Å². The van der Waals surface area contributed by atoms with Gasteiger partial charge in [-0.05, 0) is 56.5 Å². The molecule has 4 nitrogen and oxygen atoms in total. The zero-order valence-electron chi connectivity index (χ0n) is 14.2. The summed E-state index contributed by atoms with van der Waals surface area (Å²) in [6.07, 6.45) is 1.62. The first-order chi connectivity index (χ1) is 11.4. The van der Waals surface area contributed by atoms with Crippen LogP contribution in [0.2, 0.25) is 0 Å². The fourth-order valence-electron chi connectivity index (χ4n) is 3.15. The summed E-state index contributed by atoms with van der Waals surface area (Å²) in [6, 6.07) is 9.31. The minimum Gasteiger partial charge on any atom is -0.507 e. The fraction of sp³-hybridized carbons (Fsp3) is 0.200. The quantitative estimate of drug-likeness (QED) is 0.764. The second-order valence-electron chi connectivity index (χ2n) is 6.06. The third kappa shape index (κ3) is 2.60. The van der Waals surface area contributed by atoms with E-state index in [0.29, 0.717) is 17.0 Å². The van der Waals surface area contributed by atoms with Crippen LogP contribution in [-0.2, 0) is 0 Å². The van der Waals surface area contributed by atoms with Gasteiger partial charge in [0.2, 0.25) is 0 Å².